The van der Waals surface area contributed by atoms with E-state index in [2.05, 4.69) is 10.0 Å². The van der Waals surface area contributed by atoms with Crippen LogP contribution in [0, 0.1) is 13.8 Å². The number of sulfonamides is 1. The van der Waals surface area contributed by atoms with E-state index in [1.807, 2.05) is 32.0 Å². The largest absolute Gasteiger partial charge is 0.385 e. The molecule has 0 aromatic heterocycles. The van der Waals surface area contributed by atoms with E-state index in [-0.39, 0.29) is 17.5 Å². The summed E-state index contributed by atoms with van der Waals surface area (Å²) < 4.78 is 33.9. The van der Waals surface area contributed by atoms with Crippen molar-refractivity contribution in [2.24, 2.45) is 0 Å². The number of amides is 2. The summed E-state index contributed by atoms with van der Waals surface area (Å²) >= 11 is 0. The highest BCUT2D eigenvalue weighted by atomic mass is 32.2. The van der Waals surface area contributed by atoms with Crippen molar-refractivity contribution in [1.82, 2.24) is 9.62 Å². The molecule has 0 bridgehead atoms. The molecule has 2 aromatic rings. The summed E-state index contributed by atoms with van der Waals surface area (Å²) in [5.41, 5.74) is 2.09. The topological polar surface area (TPSA) is 87.7 Å². The van der Waals surface area contributed by atoms with Gasteiger partial charge in [0.15, 0.2) is 0 Å². The fourth-order valence-corrected chi connectivity index (χ4v) is 5.25. The number of nitrogens with zero attached hydrogens (tertiary/aromatic N) is 1. The first-order valence-electron chi connectivity index (χ1n) is 9.96. The average Bonchev–Trinajstić information content (AvgIpc) is 3.13. The third kappa shape index (κ3) is 5.19. The summed E-state index contributed by atoms with van der Waals surface area (Å²) in [6, 6.07) is 13.9. The smallest absolute Gasteiger partial charge is 0.321 e. The predicted octanol–water partition coefficient (Wildman–Crippen LogP) is 3.29. The monoisotopic (exact) mass is 431 g/mol. The van der Waals surface area contributed by atoms with Gasteiger partial charge in [-0.2, -0.15) is 0 Å². The molecule has 162 valence electrons. The number of carbonyl (C=O) groups is 1. The van der Waals surface area contributed by atoms with Crippen LogP contribution >= 0.6 is 0 Å². The highest BCUT2D eigenvalue weighted by Crippen LogP contribution is 2.28. The number of urea groups is 1. The van der Waals surface area contributed by atoms with Gasteiger partial charge in [0.25, 0.3) is 0 Å². The second-order valence-electron chi connectivity index (χ2n) is 7.86. The highest BCUT2D eigenvalue weighted by Gasteiger charge is 2.43. The van der Waals surface area contributed by atoms with E-state index < -0.39 is 15.6 Å². The molecule has 1 atom stereocenters. The summed E-state index contributed by atoms with van der Waals surface area (Å²) in [7, 11) is -2.13. The first kappa shape index (κ1) is 22.3. The third-order valence-electron chi connectivity index (χ3n) is 5.45. The Morgan fingerprint density at radius 2 is 1.90 bits per heavy atom. The molecule has 1 saturated heterocycles. The molecule has 7 nitrogen and oxygen atoms in total. The van der Waals surface area contributed by atoms with E-state index in [9.17, 15) is 13.2 Å². The van der Waals surface area contributed by atoms with Crippen LogP contribution in [0.25, 0.3) is 0 Å². The summed E-state index contributed by atoms with van der Waals surface area (Å²) in [6.45, 7) is 5.08. The maximum absolute atomic E-state index is 12.9. The van der Waals surface area contributed by atoms with E-state index in [0.29, 0.717) is 26.0 Å². The molecule has 8 heteroatoms. The van der Waals surface area contributed by atoms with Crippen LogP contribution in [0.2, 0.25) is 0 Å². The quantitative estimate of drug-likeness (QED) is 0.704. The van der Waals surface area contributed by atoms with Crippen molar-refractivity contribution in [2.45, 2.75) is 37.1 Å². The van der Waals surface area contributed by atoms with Gasteiger partial charge < -0.3 is 15.0 Å². The third-order valence-corrected chi connectivity index (χ3v) is 7.05. The number of rotatable bonds is 7. The first-order valence-corrected chi connectivity index (χ1v) is 11.4. The van der Waals surface area contributed by atoms with Crippen molar-refractivity contribution in [3.63, 3.8) is 0 Å². The molecular formula is C22H29N3O4S. The van der Waals surface area contributed by atoms with Gasteiger partial charge in [0.05, 0.1) is 10.4 Å². The van der Waals surface area contributed by atoms with Gasteiger partial charge in [0.1, 0.15) is 0 Å². The minimum atomic E-state index is -3.72. The number of nitrogens with one attached hydrogen (secondary N) is 2. The first-order chi connectivity index (χ1) is 14.2. The molecule has 0 saturated carbocycles. The van der Waals surface area contributed by atoms with Crippen LogP contribution in [0.15, 0.2) is 53.4 Å². The molecule has 2 aromatic carbocycles. The molecule has 3 rings (SSSR count). The van der Waals surface area contributed by atoms with Gasteiger partial charge in [-0.15, -0.1) is 0 Å². The molecular weight excluding hydrogens is 402 g/mol. The Morgan fingerprint density at radius 1 is 1.17 bits per heavy atom. The van der Waals surface area contributed by atoms with Crippen molar-refractivity contribution in [3.05, 3.63) is 59.7 Å². The molecule has 1 unspecified atom stereocenters. The number of aryl methyl sites for hydroxylation is 2. The molecule has 0 aliphatic carbocycles. The molecule has 0 radical (unpaired) electrons. The van der Waals surface area contributed by atoms with Crippen LogP contribution in [0.4, 0.5) is 10.5 Å². The molecule has 2 N–H and O–H groups in total. The van der Waals surface area contributed by atoms with Crippen molar-refractivity contribution >= 4 is 21.7 Å². The van der Waals surface area contributed by atoms with E-state index in [1.54, 1.807) is 42.3 Å². The second kappa shape index (κ2) is 9.16. The average molecular weight is 432 g/mol. The predicted molar refractivity (Wildman–Crippen MR) is 117 cm³/mol. The zero-order chi connectivity index (χ0) is 21.8. The Kier molecular flexibility index (Phi) is 6.80. The molecule has 1 fully saturated rings. The zero-order valence-corrected chi connectivity index (χ0v) is 18.5. The zero-order valence-electron chi connectivity index (χ0n) is 17.6. The minimum Gasteiger partial charge on any atom is -0.385 e. The molecule has 2 amide bonds. The normalized spacial score (nSPS) is 19.1. The standard InChI is InChI=1S/C22H29N3O4S/c1-17-9-10-20(18(2)15-17)23-21(26)25-13-11-22(16-25,12-14-29-3)24-30(27,28)19-7-5-4-6-8-19/h4-10,15,24H,11-14,16H2,1-3H3,(H,23,26). The SMILES string of the molecule is COCCC1(NS(=O)(=O)c2ccccc2)CCN(C(=O)Nc2ccc(C)cc2C)C1. The van der Waals surface area contributed by atoms with Crippen LogP contribution in [0.1, 0.15) is 24.0 Å². The van der Waals surface area contributed by atoms with Crippen LogP contribution in [0.3, 0.4) is 0 Å². The van der Waals surface area contributed by atoms with Crippen LogP contribution in [0.5, 0.6) is 0 Å². The fraction of sp³-hybridized carbons (Fsp3) is 0.409. The lowest BCUT2D eigenvalue weighted by atomic mass is 9.96. The van der Waals surface area contributed by atoms with Gasteiger partial charge in [-0.05, 0) is 50.5 Å². The molecule has 1 aliphatic heterocycles. The number of methoxy groups -OCH3 is 1. The lowest BCUT2D eigenvalue weighted by Crippen LogP contribution is -2.51. The van der Waals surface area contributed by atoms with Crippen molar-refractivity contribution in [1.29, 1.82) is 0 Å². The van der Waals surface area contributed by atoms with E-state index >= 15 is 0 Å². The molecule has 30 heavy (non-hydrogen) atoms. The fourth-order valence-electron chi connectivity index (χ4n) is 3.77. The van der Waals surface area contributed by atoms with E-state index in [4.69, 9.17) is 4.74 Å². The highest BCUT2D eigenvalue weighted by molar-refractivity contribution is 7.89. The van der Waals surface area contributed by atoms with E-state index in [0.717, 1.165) is 16.8 Å². The number of hydrogen-bond donors (Lipinski definition) is 2. The van der Waals surface area contributed by atoms with Gasteiger partial charge in [-0.25, -0.2) is 17.9 Å². The lowest BCUT2D eigenvalue weighted by molar-refractivity contribution is 0.162. The maximum atomic E-state index is 12.9. The van der Waals surface area contributed by atoms with Gasteiger partial charge in [0, 0.05) is 32.5 Å². The summed E-state index contributed by atoms with van der Waals surface area (Å²) in [5.74, 6) is 0. The maximum Gasteiger partial charge on any atom is 0.321 e. The summed E-state index contributed by atoms with van der Waals surface area (Å²) in [4.78, 5) is 14.7. The van der Waals surface area contributed by atoms with E-state index in [1.165, 1.54) is 0 Å². The molecule has 1 aliphatic rings. The Morgan fingerprint density at radius 3 is 2.57 bits per heavy atom. The van der Waals surface area contributed by atoms with Gasteiger partial charge in [-0.1, -0.05) is 35.9 Å². The molecule has 0 spiro atoms. The van der Waals surface area contributed by atoms with Crippen LogP contribution < -0.4 is 10.0 Å². The van der Waals surface area contributed by atoms with Gasteiger partial charge in [-0.3, -0.25) is 0 Å². The number of carbonyl (C=O) groups excluding carboxylic acids is 1. The van der Waals surface area contributed by atoms with Gasteiger partial charge >= 0.3 is 6.03 Å². The number of hydrogen-bond acceptors (Lipinski definition) is 4. The molecule has 1 heterocycles. The van der Waals surface area contributed by atoms with Crippen molar-refractivity contribution < 1.29 is 17.9 Å². The number of anilines is 1. The Labute approximate surface area is 178 Å². The second-order valence-corrected chi connectivity index (χ2v) is 9.54. The summed E-state index contributed by atoms with van der Waals surface area (Å²) in [6.07, 6.45) is 0.992. The van der Waals surface area contributed by atoms with Crippen molar-refractivity contribution in [3.8, 4) is 0 Å². The van der Waals surface area contributed by atoms with Gasteiger partial charge in [0.2, 0.25) is 10.0 Å². The van der Waals surface area contributed by atoms with Crippen LogP contribution in [-0.2, 0) is 14.8 Å². The Bertz CT molecular complexity index is 995. The Hall–Kier alpha value is -2.42. The number of benzene rings is 2. The lowest BCUT2D eigenvalue weighted by Gasteiger charge is -2.30. The van der Waals surface area contributed by atoms with Crippen LogP contribution in [-0.4, -0.2) is 51.7 Å². The van der Waals surface area contributed by atoms with Crippen molar-refractivity contribution in [2.75, 3.05) is 32.1 Å². The number of likely N-dealkylation sites (tertiary alicyclic amines) is 1. The minimum absolute atomic E-state index is 0.208. The Balaban J connectivity index is 1.75. The number of ether oxygens (including phenoxy) is 1. The summed E-state index contributed by atoms with van der Waals surface area (Å²) in [5, 5.41) is 2.95.